The maximum Gasteiger partial charge on any atom is 0.411 e. The van der Waals surface area contributed by atoms with Gasteiger partial charge in [0.15, 0.2) is 0 Å². The van der Waals surface area contributed by atoms with Gasteiger partial charge in [0, 0.05) is 18.1 Å². The Kier molecular flexibility index (Phi) is 11.3. The molecule has 33 heavy (non-hydrogen) atoms. The number of carboxylic acids is 1. The summed E-state index contributed by atoms with van der Waals surface area (Å²) in [5, 5.41) is 13.6. The zero-order chi connectivity index (χ0) is 23.9. The first-order valence-electron chi connectivity index (χ1n) is 10.3. The molecule has 2 aromatic rings. The highest BCUT2D eigenvalue weighted by molar-refractivity contribution is 7.98. The lowest BCUT2D eigenvalue weighted by Crippen LogP contribution is -2.46. The number of hydrogen-bond acceptors (Lipinski definition) is 6. The summed E-state index contributed by atoms with van der Waals surface area (Å²) < 4.78 is 5.22. The number of benzene rings is 2. The van der Waals surface area contributed by atoms with Gasteiger partial charge in [-0.2, -0.15) is 11.8 Å². The normalized spacial score (nSPS) is 10.2. The summed E-state index contributed by atoms with van der Waals surface area (Å²) in [6.45, 7) is -1.11. The predicted octanol–water partition coefficient (Wildman–Crippen LogP) is 1.88. The molecule has 2 aromatic carbocycles. The molecule has 0 fully saturated rings. The topological polar surface area (TPSA) is 125 Å². The van der Waals surface area contributed by atoms with E-state index in [2.05, 4.69) is 10.6 Å². The van der Waals surface area contributed by atoms with E-state index in [-0.39, 0.29) is 6.61 Å². The van der Waals surface area contributed by atoms with Gasteiger partial charge in [-0.05, 0) is 11.1 Å². The molecule has 0 aliphatic carbocycles. The minimum Gasteiger partial charge on any atom is -0.480 e. The molecule has 0 aliphatic heterocycles. The van der Waals surface area contributed by atoms with Crippen LogP contribution in [0.1, 0.15) is 11.1 Å². The fourth-order valence-corrected chi connectivity index (χ4v) is 3.47. The van der Waals surface area contributed by atoms with Gasteiger partial charge in [0.1, 0.15) is 26.2 Å². The van der Waals surface area contributed by atoms with Crippen molar-refractivity contribution in [3.8, 4) is 0 Å². The number of nitrogens with zero attached hydrogens (tertiary/aromatic N) is 1. The molecule has 0 saturated carbocycles. The molecule has 176 valence electrons. The third kappa shape index (κ3) is 11.1. The number of aliphatic carboxylic acids is 1. The van der Waals surface area contributed by atoms with Crippen LogP contribution in [0.25, 0.3) is 0 Å². The number of rotatable bonds is 13. The summed E-state index contributed by atoms with van der Waals surface area (Å²) >= 11 is 1.66. The Hall–Kier alpha value is -3.53. The maximum atomic E-state index is 12.5. The van der Waals surface area contributed by atoms with Crippen LogP contribution in [0, 0.1) is 0 Å². The fourth-order valence-electron chi connectivity index (χ4n) is 2.66. The Labute approximate surface area is 196 Å². The predicted molar refractivity (Wildman–Crippen MR) is 124 cm³/mol. The molecular formula is C23H27N3O6S. The summed E-state index contributed by atoms with van der Waals surface area (Å²) in [5.41, 5.74) is 1.94. The number of thioether (sulfide) groups is 1. The number of ether oxygens (including phenoxy) is 1. The lowest BCUT2D eigenvalue weighted by Gasteiger charge is -2.21. The summed E-state index contributed by atoms with van der Waals surface area (Å²) in [7, 11) is 0. The van der Waals surface area contributed by atoms with Crippen molar-refractivity contribution in [2.45, 2.75) is 12.4 Å². The SMILES string of the molecule is O=C(O)CNC(=O)CN(CC(=O)NCCSCc1ccccc1)C(=O)OCc1ccccc1. The van der Waals surface area contributed by atoms with Crippen molar-refractivity contribution in [2.24, 2.45) is 0 Å². The van der Waals surface area contributed by atoms with Crippen molar-refractivity contribution >= 4 is 35.6 Å². The van der Waals surface area contributed by atoms with Gasteiger partial charge in [0.2, 0.25) is 11.8 Å². The average molecular weight is 474 g/mol. The number of carbonyl (C=O) groups excluding carboxylic acids is 3. The van der Waals surface area contributed by atoms with E-state index in [1.165, 1.54) is 5.56 Å². The van der Waals surface area contributed by atoms with E-state index in [1.807, 2.05) is 36.4 Å². The standard InChI is InChI=1S/C23H27N3O6S/c27-20(24-11-12-33-17-19-9-5-2-6-10-19)14-26(15-21(28)25-13-22(29)30)23(31)32-16-18-7-3-1-4-8-18/h1-10H,11-17H2,(H,24,27)(H,25,28)(H,29,30). The Morgan fingerprint density at radius 2 is 1.42 bits per heavy atom. The third-order valence-corrected chi connectivity index (χ3v) is 5.28. The van der Waals surface area contributed by atoms with Gasteiger partial charge in [-0.3, -0.25) is 19.3 Å². The second-order valence-electron chi connectivity index (χ2n) is 6.95. The highest BCUT2D eigenvalue weighted by atomic mass is 32.2. The van der Waals surface area contributed by atoms with Crippen LogP contribution >= 0.6 is 11.8 Å². The first-order chi connectivity index (χ1) is 15.9. The Balaban J connectivity index is 1.81. The van der Waals surface area contributed by atoms with Crippen molar-refractivity contribution in [2.75, 3.05) is 31.9 Å². The number of nitrogens with one attached hydrogen (secondary N) is 2. The monoisotopic (exact) mass is 473 g/mol. The second-order valence-corrected chi connectivity index (χ2v) is 8.06. The molecule has 0 bridgehead atoms. The first-order valence-corrected chi connectivity index (χ1v) is 11.4. The van der Waals surface area contributed by atoms with Crippen molar-refractivity contribution in [1.82, 2.24) is 15.5 Å². The van der Waals surface area contributed by atoms with Crippen molar-refractivity contribution < 1.29 is 29.0 Å². The van der Waals surface area contributed by atoms with Gasteiger partial charge >= 0.3 is 12.1 Å². The molecule has 2 rings (SSSR count). The first kappa shape index (κ1) is 25.7. The van der Waals surface area contributed by atoms with Gasteiger partial charge in [-0.1, -0.05) is 60.7 Å². The summed E-state index contributed by atoms with van der Waals surface area (Å²) in [4.78, 5) is 48.4. The Bertz CT molecular complexity index is 911. The van der Waals surface area contributed by atoms with Gasteiger partial charge in [0.05, 0.1) is 0 Å². The van der Waals surface area contributed by atoms with Crippen LogP contribution in [-0.4, -0.2) is 65.8 Å². The van der Waals surface area contributed by atoms with Crippen LogP contribution in [0.3, 0.4) is 0 Å². The molecule has 0 heterocycles. The van der Waals surface area contributed by atoms with E-state index in [0.29, 0.717) is 12.3 Å². The van der Waals surface area contributed by atoms with Crippen molar-refractivity contribution in [1.29, 1.82) is 0 Å². The van der Waals surface area contributed by atoms with Crippen LogP contribution < -0.4 is 10.6 Å². The molecule has 0 aromatic heterocycles. The smallest absolute Gasteiger partial charge is 0.411 e. The highest BCUT2D eigenvalue weighted by Crippen LogP contribution is 2.10. The van der Waals surface area contributed by atoms with Gasteiger partial charge in [-0.25, -0.2) is 4.79 Å². The minimum absolute atomic E-state index is 0.0232. The molecule has 9 nitrogen and oxygen atoms in total. The number of hydrogen-bond donors (Lipinski definition) is 3. The Morgan fingerprint density at radius 3 is 2.03 bits per heavy atom. The molecule has 3 N–H and O–H groups in total. The molecule has 0 spiro atoms. The average Bonchev–Trinajstić information content (AvgIpc) is 2.82. The number of carbonyl (C=O) groups is 4. The Morgan fingerprint density at radius 1 is 0.848 bits per heavy atom. The minimum atomic E-state index is -1.22. The number of carboxylic acid groups (broad SMARTS) is 1. The van der Waals surface area contributed by atoms with E-state index in [4.69, 9.17) is 9.84 Å². The van der Waals surface area contributed by atoms with E-state index >= 15 is 0 Å². The van der Waals surface area contributed by atoms with E-state index < -0.39 is 43.5 Å². The highest BCUT2D eigenvalue weighted by Gasteiger charge is 2.22. The summed E-state index contributed by atoms with van der Waals surface area (Å²) in [6.07, 6.45) is -0.849. The van der Waals surface area contributed by atoms with Crippen molar-refractivity contribution in [3.63, 3.8) is 0 Å². The largest absolute Gasteiger partial charge is 0.480 e. The van der Waals surface area contributed by atoms with Crippen LogP contribution in [0.15, 0.2) is 60.7 Å². The van der Waals surface area contributed by atoms with Gasteiger partial charge in [0.25, 0.3) is 0 Å². The lowest BCUT2D eigenvalue weighted by atomic mass is 10.2. The van der Waals surface area contributed by atoms with Crippen LogP contribution in [-0.2, 0) is 31.5 Å². The van der Waals surface area contributed by atoms with Crippen LogP contribution in [0.5, 0.6) is 0 Å². The zero-order valence-corrected chi connectivity index (χ0v) is 18.9. The molecule has 10 heteroatoms. The molecule has 0 unspecified atom stereocenters. The molecule has 0 radical (unpaired) electrons. The third-order valence-electron chi connectivity index (χ3n) is 4.25. The molecular weight excluding hydrogens is 446 g/mol. The van der Waals surface area contributed by atoms with Gasteiger partial charge in [-0.15, -0.1) is 0 Å². The molecule has 3 amide bonds. The van der Waals surface area contributed by atoms with Crippen molar-refractivity contribution in [3.05, 3.63) is 71.8 Å². The summed E-state index contributed by atoms with van der Waals surface area (Å²) in [5.74, 6) is -0.873. The second kappa shape index (κ2) is 14.5. The maximum absolute atomic E-state index is 12.5. The van der Waals surface area contributed by atoms with E-state index in [9.17, 15) is 19.2 Å². The molecule has 0 aliphatic rings. The lowest BCUT2D eigenvalue weighted by molar-refractivity contribution is -0.138. The van der Waals surface area contributed by atoms with Crippen LogP contribution in [0.4, 0.5) is 4.79 Å². The molecule has 0 atom stereocenters. The summed E-state index contributed by atoms with van der Waals surface area (Å²) in [6, 6.07) is 18.9. The quantitative estimate of drug-likeness (QED) is 0.379. The van der Waals surface area contributed by atoms with E-state index in [0.717, 1.165) is 16.2 Å². The van der Waals surface area contributed by atoms with Crippen LogP contribution in [0.2, 0.25) is 0 Å². The molecule has 0 saturated heterocycles. The zero-order valence-electron chi connectivity index (χ0n) is 18.1. The van der Waals surface area contributed by atoms with E-state index in [1.54, 1.807) is 36.0 Å². The number of amides is 3. The fraction of sp³-hybridized carbons (Fsp3) is 0.304. The van der Waals surface area contributed by atoms with Gasteiger partial charge < -0.3 is 20.5 Å².